The van der Waals surface area contributed by atoms with Crippen molar-refractivity contribution >= 4 is 117 Å². The van der Waals surface area contributed by atoms with Crippen molar-refractivity contribution in [2.45, 2.75) is 0 Å². The van der Waals surface area contributed by atoms with Gasteiger partial charge in [-0.15, -0.1) is 22.7 Å². The molecule has 0 saturated heterocycles. The topological polar surface area (TPSA) is 25.8 Å². The Morgan fingerprint density at radius 2 is 0.643 bits per heavy atom. The second kappa shape index (κ2) is 15.5. The van der Waals surface area contributed by atoms with Gasteiger partial charge in [0.1, 0.15) is 0 Å². The standard InChI is InChI=1S/C66H38N2S2/c1-3-19-42-39(15-1)17-9-26-45(42)52-28-12-32-56-55-31-11-25-44(63(55)69-64(52)56)41-35-36-49(59(37-41)60-38-67-61-50-23-7-5-21-47(50)48-22-6-8-24-51(48)62(61)68-60)54-30-14-34-58-57-33-13-29-53(65(57)70-66(54)58)46-27-10-18-40-16-2-4-20-43(40)46/h1-38H. The second-order valence-electron chi connectivity index (χ2n) is 18.3. The van der Waals surface area contributed by atoms with E-state index < -0.39 is 0 Å². The summed E-state index contributed by atoms with van der Waals surface area (Å²) in [6, 6.07) is 82.3. The van der Waals surface area contributed by atoms with Crippen molar-refractivity contribution < 1.29 is 0 Å². The maximum atomic E-state index is 5.66. The van der Waals surface area contributed by atoms with Gasteiger partial charge in [-0.2, -0.15) is 0 Å². The van der Waals surface area contributed by atoms with Crippen LogP contribution in [0, 0.1) is 0 Å². The van der Waals surface area contributed by atoms with Crippen molar-refractivity contribution in [2.75, 3.05) is 0 Å². The van der Waals surface area contributed by atoms with E-state index in [1.54, 1.807) is 0 Å². The summed E-state index contributed by atoms with van der Waals surface area (Å²) >= 11 is 3.79. The van der Waals surface area contributed by atoms with Gasteiger partial charge in [0.05, 0.1) is 22.9 Å². The highest BCUT2D eigenvalue weighted by molar-refractivity contribution is 7.27. The summed E-state index contributed by atoms with van der Waals surface area (Å²) in [6.07, 6.45) is 2.01. The summed E-state index contributed by atoms with van der Waals surface area (Å²) in [5, 5.41) is 14.7. The zero-order valence-electron chi connectivity index (χ0n) is 37.7. The van der Waals surface area contributed by atoms with Crippen molar-refractivity contribution in [3.63, 3.8) is 0 Å². The van der Waals surface area contributed by atoms with Crippen molar-refractivity contribution in [1.82, 2.24) is 9.97 Å². The Hall–Kier alpha value is -8.54. The highest BCUT2D eigenvalue weighted by Crippen LogP contribution is 2.49. The van der Waals surface area contributed by atoms with E-state index in [-0.39, 0.29) is 0 Å². The van der Waals surface area contributed by atoms with E-state index in [1.165, 1.54) is 106 Å². The lowest BCUT2D eigenvalue weighted by Crippen LogP contribution is -1.95. The monoisotopic (exact) mass is 922 g/mol. The normalized spacial score (nSPS) is 12.0. The van der Waals surface area contributed by atoms with Crippen LogP contribution in [-0.4, -0.2) is 9.97 Å². The van der Waals surface area contributed by atoms with Crippen LogP contribution in [0.3, 0.4) is 0 Å². The molecule has 2 nitrogen and oxygen atoms in total. The largest absolute Gasteiger partial charge is 0.252 e. The van der Waals surface area contributed by atoms with Crippen LogP contribution in [0.2, 0.25) is 0 Å². The molecule has 0 fully saturated rings. The molecule has 0 saturated carbocycles. The van der Waals surface area contributed by atoms with Crippen LogP contribution in [0.5, 0.6) is 0 Å². The molecule has 0 spiro atoms. The molecule has 0 aliphatic carbocycles. The molecule has 15 rings (SSSR count). The lowest BCUT2D eigenvalue weighted by molar-refractivity contribution is 1.31. The average molecular weight is 923 g/mol. The molecule has 4 heteroatoms. The van der Waals surface area contributed by atoms with Crippen molar-refractivity contribution in [1.29, 1.82) is 0 Å². The molecule has 0 aliphatic rings. The molecular formula is C66H38N2S2. The first-order valence-corrected chi connectivity index (χ1v) is 25.4. The average Bonchev–Trinajstić information content (AvgIpc) is 4.02. The van der Waals surface area contributed by atoms with E-state index in [0.717, 1.165) is 44.2 Å². The molecule has 3 aromatic heterocycles. The minimum Gasteiger partial charge on any atom is -0.252 e. The van der Waals surface area contributed by atoms with Gasteiger partial charge >= 0.3 is 0 Å². The maximum absolute atomic E-state index is 5.66. The Bertz CT molecular complexity index is 4630. The van der Waals surface area contributed by atoms with Gasteiger partial charge < -0.3 is 0 Å². The Labute approximate surface area is 411 Å². The first kappa shape index (κ1) is 39.5. The predicted molar refractivity (Wildman–Crippen MR) is 303 cm³/mol. The highest BCUT2D eigenvalue weighted by atomic mass is 32.1. The molecule has 0 atom stereocenters. The lowest BCUT2D eigenvalue weighted by Gasteiger charge is -2.15. The summed E-state index contributed by atoms with van der Waals surface area (Å²) < 4.78 is 5.13. The van der Waals surface area contributed by atoms with Gasteiger partial charge in [-0.25, -0.2) is 4.98 Å². The van der Waals surface area contributed by atoms with Gasteiger partial charge in [-0.1, -0.05) is 218 Å². The lowest BCUT2D eigenvalue weighted by atomic mass is 9.91. The van der Waals surface area contributed by atoms with E-state index in [1.807, 2.05) is 28.9 Å². The van der Waals surface area contributed by atoms with E-state index in [0.29, 0.717) is 0 Å². The fourth-order valence-electron chi connectivity index (χ4n) is 11.3. The van der Waals surface area contributed by atoms with Gasteiger partial charge in [-0.05, 0) is 66.2 Å². The number of hydrogen-bond donors (Lipinski definition) is 0. The number of aromatic nitrogens is 2. The summed E-state index contributed by atoms with van der Waals surface area (Å²) in [5.74, 6) is 0. The molecule has 0 aliphatic heterocycles. The third-order valence-corrected chi connectivity index (χ3v) is 17.1. The minimum absolute atomic E-state index is 0.848. The molecule has 15 aromatic rings. The Morgan fingerprint density at radius 1 is 0.257 bits per heavy atom. The van der Waals surface area contributed by atoms with Gasteiger partial charge in [0.25, 0.3) is 0 Å². The molecule has 0 bridgehead atoms. The minimum atomic E-state index is 0.848. The maximum Gasteiger partial charge on any atom is 0.0979 e. The Kier molecular flexibility index (Phi) is 8.73. The first-order valence-electron chi connectivity index (χ1n) is 23.8. The van der Waals surface area contributed by atoms with E-state index in [2.05, 4.69) is 224 Å². The zero-order valence-corrected chi connectivity index (χ0v) is 39.3. The van der Waals surface area contributed by atoms with Crippen molar-refractivity contribution in [3.05, 3.63) is 231 Å². The third kappa shape index (κ3) is 5.91. The third-order valence-electron chi connectivity index (χ3n) is 14.5. The number of nitrogens with zero attached hydrogens (tertiary/aromatic N) is 2. The van der Waals surface area contributed by atoms with E-state index in [4.69, 9.17) is 9.97 Å². The number of fused-ring (bicyclic) bond motifs is 14. The van der Waals surface area contributed by atoms with Gasteiger partial charge in [0.15, 0.2) is 0 Å². The van der Waals surface area contributed by atoms with E-state index >= 15 is 0 Å². The molecular weight excluding hydrogens is 885 g/mol. The first-order chi connectivity index (χ1) is 34.7. The second-order valence-corrected chi connectivity index (χ2v) is 20.3. The molecule has 324 valence electrons. The SMILES string of the molecule is c1ccc2c(-c3cccc4c3sc3c(-c5ccc(-c6cccc7c6sc6c(-c8cccc9ccccc89)cccc67)c(-c6cnc7c8ccccc8c8ccccc8c7n6)c5)cccc34)cccc2c1. The fraction of sp³-hybridized carbons (Fsp3) is 0. The van der Waals surface area contributed by atoms with Crippen LogP contribution in [0.4, 0.5) is 0 Å². The van der Waals surface area contributed by atoms with Crippen LogP contribution in [0.1, 0.15) is 0 Å². The molecule has 70 heavy (non-hydrogen) atoms. The van der Waals surface area contributed by atoms with Gasteiger partial charge in [0, 0.05) is 73.4 Å². The molecule has 0 radical (unpaired) electrons. The van der Waals surface area contributed by atoms with Crippen LogP contribution in [0.25, 0.3) is 150 Å². The van der Waals surface area contributed by atoms with Crippen LogP contribution >= 0.6 is 22.7 Å². The molecule has 0 unspecified atom stereocenters. The highest BCUT2D eigenvalue weighted by Gasteiger charge is 2.22. The van der Waals surface area contributed by atoms with Crippen LogP contribution in [0.15, 0.2) is 231 Å². The Balaban J connectivity index is 0.981. The quantitative estimate of drug-likeness (QED) is 0.161. The van der Waals surface area contributed by atoms with E-state index in [9.17, 15) is 0 Å². The number of rotatable bonds is 5. The summed E-state index contributed by atoms with van der Waals surface area (Å²) in [7, 11) is 0. The smallest absolute Gasteiger partial charge is 0.0979 e. The Morgan fingerprint density at radius 3 is 1.19 bits per heavy atom. The zero-order chi connectivity index (χ0) is 45.9. The van der Waals surface area contributed by atoms with Crippen LogP contribution in [-0.2, 0) is 0 Å². The molecule has 0 amide bonds. The molecule has 12 aromatic carbocycles. The van der Waals surface area contributed by atoms with Gasteiger partial charge in [-0.3, -0.25) is 4.98 Å². The summed E-state index contributed by atoms with van der Waals surface area (Å²) in [4.78, 5) is 11.0. The molecule has 3 heterocycles. The number of hydrogen-bond acceptors (Lipinski definition) is 4. The predicted octanol–water partition coefficient (Wildman–Crippen LogP) is 19.3. The fourth-order valence-corrected chi connectivity index (χ4v) is 14.1. The summed E-state index contributed by atoms with van der Waals surface area (Å²) in [6.45, 7) is 0. The van der Waals surface area contributed by atoms with Crippen molar-refractivity contribution in [3.8, 4) is 55.8 Å². The van der Waals surface area contributed by atoms with Gasteiger partial charge in [0.2, 0.25) is 0 Å². The van der Waals surface area contributed by atoms with Crippen LogP contribution < -0.4 is 0 Å². The van der Waals surface area contributed by atoms with Crippen molar-refractivity contribution in [2.24, 2.45) is 0 Å². The summed E-state index contributed by atoms with van der Waals surface area (Å²) in [5.41, 5.74) is 13.5. The number of benzene rings is 12. The number of thiophene rings is 2. The molecule has 0 N–H and O–H groups in total.